The minimum absolute atomic E-state index is 0.173. The average Bonchev–Trinajstić information content (AvgIpc) is 3.27. The van der Waals surface area contributed by atoms with Crippen molar-refractivity contribution >= 4 is 28.8 Å². The van der Waals surface area contributed by atoms with Gasteiger partial charge in [0.25, 0.3) is 5.91 Å². The Morgan fingerprint density at radius 3 is 2.87 bits per heavy atom. The quantitative estimate of drug-likeness (QED) is 0.838. The zero-order valence-corrected chi connectivity index (χ0v) is 14.3. The molecule has 1 heterocycles. The van der Waals surface area contributed by atoms with Crippen LogP contribution >= 0.6 is 22.9 Å². The van der Waals surface area contributed by atoms with Crippen molar-refractivity contribution in [3.8, 4) is 5.75 Å². The summed E-state index contributed by atoms with van der Waals surface area (Å²) in [7, 11) is 1.51. The highest BCUT2D eigenvalue weighted by molar-refractivity contribution is 7.10. The molecule has 0 bridgehead atoms. The van der Waals surface area contributed by atoms with Gasteiger partial charge in [-0.1, -0.05) is 17.7 Å². The predicted octanol–water partition coefficient (Wildman–Crippen LogP) is 3.44. The molecule has 1 aliphatic carbocycles. The average molecular weight is 352 g/mol. The summed E-state index contributed by atoms with van der Waals surface area (Å²) in [5.74, 6) is 0.348. The van der Waals surface area contributed by atoms with Crippen LogP contribution in [0.5, 0.6) is 5.75 Å². The number of methoxy groups -OCH3 is 1. The van der Waals surface area contributed by atoms with E-state index in [1.165, 1.54) is 18.4 Å². The van der Waals surface area contributed by atoms with Crippen LogP contribution in [0.25, 0.3) is 0 Å². The van der Waals surface area contributed by atoms with Crippen molar-refractivity contribution in [3.05, 3.63) is 51.2 Å². The van der Waals surface area contributed by atoms with Crippen LogP contribution < -0.4 is 10.1 Å². The number of aliphatic hydroxyl groups is 1. The predicted molar refractivity (Wildman–Crippen MR) is 91.3 cm³/mol. The number of thiophene rings is 1. The number of carbonyl (C=O) groups is 1. The molecule has 2 N–H and O–H groups in total. The maximum absolute atomic E-state index is 12.5. The molecule has 0 spiro atoms. The summed E-state index contributed by atoms with van der Waals surface area (Å²) in [5.41, 5.74) is -0.639. The van der Waals surface area contributed by atoms with Crippen LogP contribution in [0.15, 0.2) is 35.7 Å². The number of amides is 1. The normalized spacial score (nSPS) is 16.7. The molecule has 0 aliphatic heterocycles. The number of nitrogens with one attached hydrogen (secondary N) is 1. The van der Waals surface area contributed by atoms with Crippen molar-refractivity contribution < 1.29 is 14.6 Å². The lowest BCUT2D eigenvalue weighted by Gasteiger charge is -2.27. The second-order valence-corrected chi connectivity index (χ2v) is 7.09. The number of halogens is 1. The maximum Gasteiger partial charge on any atom is 0.255 e. The molecule has 3 rings (SSSR count). The van der Waals surface area contributed by atoms with E-state index in [0.29, 0.717) is 16.3 Å². The monoisotopic (exact) mass is 351 g/mol. The van der Waals surface area contributed by atoms with Crippen LogP contribution in [0.4, 0.5) is 0 Å². The Morgan fingerprint density at radius 1 is 1.48 bits per heavy atom. The van der Waals surface area contributed by atoms with Crippen molar-refractivity contribution in [1.29, 1.82) is 0 Å². The van der Waals surface area contributed by atoms with Gasteiger partial charge in [0, 0.05) is 9.90 Å². The van der Waals surface area contributed by atoms with E-state index in [1.54, 1.807) is 18.2 Å². The van der Waals surface area contributed by atoms with E-state index in [1.807, 2.05) is 17.5 Å². The van der Waals surface area contributed by atoms with E-state index in [2.05, 4.69) is 5.32 Å². The molecule has 1 aromatic carbocycles. The van der Waals surface area contributed by atoms with E-state index in [9.17, 15) is 9.90 Å². The summed E-state index contributed by atoms with van der Waals surface area (Å²) in [4.78, 5) is 13.4. The van der Waals surface area contributed by atoms with Crippen LogP contribution in [0.3, 0.4) is 0 Å². The van der Waals surface area contributed by atoms with Gasteiger partial charge >= 0.3 is 0 Å². The molecule has 1 saturated carbocycles. The van der Waals surface area contributed by atoms with E-state index in [4.69, 9.17) is 16.3 Å². The first-order valence-electron chi connectivity index (χ1n) is 7.42. The Bertz CT molecular complexity index is 700. The Hall–Kier alpha value is -1.56. The van der Waals surface area contributed by atoms with Gasteiger partial charge in [-0.3, -0.25) is 4.79 Å². The molecule has 1 atom stereocenters. The molecule has 2 aromatic rings. The van der Waals surface area contributed by atoms with Crippen molar-refractivity contribution in [2.75, 3.05) is 13.7 Å². The summed E-state index contributed by atoms with van der Waals surface area (Å²) in [6.07, 6.45) is 1.95. The number of ether oxygens (including phenoxy) is 1. The summed E-state index contributed by atoms with van der Waals surface area (Å²) in [6, 6.07) is 8.72. The second kappa shape index (κ2) is 6.51. The molecular weight excluding hydrogens is 334 g/mol. The third kappa shape index (κ3) is 3.37. The Balaban J connectivity index is 1.77. The number of hydrogen-bond donors (Lipinski definition) is 2. The molecule has 6 heteroatoms. The number of hydrogen-bond acceptors (Lipinski definition) is 4. The van der Waals surface area contributed by atoms with Gasteiger partial charge in [0.15, 0.2) is 0 Å². The summed E-state index contributed by atoms with van der Waals surface area (Å²) in [5, 5.41) is 16.3. The van der Waals surface area contributed by atoms with E-state index >= 15 is 0 Å². The third-order valence-electron chi connectivity index (χ3n) is 4.13. The first-order valence-corrected chi connectivity index (χ1v) is 8.68. The Labute approximate surface area is 144 Å². The Morgan fingerprint density at radius 2 is 2.26 bits per heavy atom. The molecular formula is C17H18ClNO3S. The smallest absolute Gasteiger partial charge is 0.255 e. The highest BCUT2D eigenvalue weighted by Gasteiger charge is 2.46. The molecule has 1 fully saturated rings. The number of rotatable bonds is 6. The van der Waals surface area contributed by atoms with E-state index < -0.39 is 5.60 Å². The fourth-order valence-electron chi connectivity index (χ4n) is 2.69. The minimum atomic E-state index is -1.00. The van der Waals surface area contributed by atoms with Gasteiger partial charge in [-0.25, -0.2) is 0 Å². The lowest BCUT2D eigenvalue weighted by Crippen LogP contribution is -2.42. The van der Waals surface area contributed by atoms with Crippen LogP contribution in [-0.4, -0.2) is 24.7 Å². The number of carbonyl (C=O) groups excluding carboxylic acids is 1. The second-order valence-electron chi connectivity index (χ2n) is 5.70. The van der Waals surface area contributed by atoms with Crippen LogP contribution in [-0.2, 0) is 5.60 Å². The highest BCUT2D eigenvalue weighted by Crippen LogP contribution is 2.46. The van der Waals surface area contributed by atoms with Gasteiger partial charge in [-0.15, -0.1) is 11.3 Å². The summed E-state index contributed by atoms with van der Waals surface area (Å²) in [6.45, 7) is 0.173. The van der Waals surface area contributed by atoms with Gasteiger partial charge in [0.05, 0.1) is 19.2 Å². The minimum Gasteiger partial charge on any atom is -0.496 e. The largest absolute Gasteiger partial charge is 0.496 e. The molecule has 0 saturated heterocycles. The molecule has 1 amide bonds. The summed E-state index contributed by atoms with van der Waals surface area (Å²) >= 11 is 7.48. The molecule has 1 aliphatic rings. The van der Waals surface area contributed by atoms with Crippen LogP contribution in [0.1, 0.15) is 28.1 Å². The van der Waals surface area contributed by atoms with Gasteiger partial charge < -0.3 is 15.2 Å². The van der Waals surface area contributed by atoms with Crippen molar-refractivity contribution in [3.63, 3.8) is 0 Å². The van der Waals surface area contributed by atoms with Gasteiger partial charge in [0.2, 0.25) is 0 Å². The molecule has 4 nitrogen and oxygen atoms in total. The topological polar surface area (TPSA) is 58.6 Å². The highest BCUT2D eigenvalue weighted by atomic mass is 35.5. The van der Waals surface area contributed by atoms with Gasteiger partial charge in [-0.05, 0) is 48.4 Å². The molecule has 1 aromatic heterocycles. The molecule has 23 heavy (non-hydrogen) atoms. The lowest BCUT2D eigenvalue weighted by molar-refractivity contribution is 0.0169. The molecule has 0 unspecified atom stereocenters. The number of benzene rings is 1. The summed E-state index contributed by atoms with van der Waals surface area (Å²) < 4.78 is 5.21. The Kier molecular flexibility index (Phi) is 4.62. The lowest BCUT2D eigenvalue weighted by atomic mass is 9.95. The zero-order valence-electron chi connectivity index (χ0n) is 12.7. The fraction of sp³-hybridized carbons (Fsp3) is 0.353. The van der Waals surface area contributed by atoms with Crippen LogP contribution in [0.2, 0.25) is 5.02 Å². The SMILES string of the molecule is COc1ccc(Cl)cc1C(=O)NC[C@@](O)(c1cccs1)C1CC1. The van der Waals surface area contributed by atoms with Gasteiger partial charge in [-0.2, -0.15) is 0 Å². The van der Waals surface area contributed by atoms with Crippen molar-refractivity contribution in [2.24, 2.45) is 5.92 Å². The molecule has 122 valence electrons. The standard InChI is InChI=1S/C17H18ClNO3S/c1-22-14-7-6-12(18)9-13(14)16(20)19-10-17(21,11-4-5-11)15-3-2-8-23-15/h2-3,6-9,11,21H,4-5,10H2,1H3,(H,19,20)/t17-/m0/s1. The first-order chi connectivity index (χ1) is 11.0. The van der Waals surface area contributed by atoms with E-state index in [-0.39, 0.29) is 18.4 Å². The molecule has 0 radical (unpaired) electrons. The zero-order chi connectivity index (χ0) is 16.4. The van der Waals surface area contributed by atoms with Crippen molar-refractivity contribution in [2.45, 2.75) is 18.4 Å². The fourth-order valence-corrected chi connectivity index (χ4v) is 3.76. The third-order valence-corrected chi connectivity index (χ3v) is 5.40. The van der Waals surface area contributed by atoms with Crippen molar-refractivity contribution in [1.82, 2.24) is 5.32 Å². The first kappa shape index (κ1) is 16.3. The van der Waals surface area contributed by atoms with Gasteiger partial charge in [0.1, 0.15) is 11.4 Å². The maximum atomic E-state index is 12.5. The van der Waals surface area contributed by atoms with E-state index in [0.717, 1.165) is 17.7 Å². The van der Waals surface area contributed by atoms with Crippen LogP contribution in [0, 0.1) is 5.92 Å².